The van der Waals surface area contributed by atoms with Gasteiger partial charge in [-0.15, -0.1) is 6.58 Å². The first kappa shape index (κ1) is 15.7. The van der Waals surface area contributed by atoms with Gasteiger partial charge in [0.2, 0.25) is 0 Å². The molecule has 0 aromatic heterocycles. The Morgan fingerprint density at radius 3 is 2.13 bits per heavy atom. The summed E-state index contributed by atoms with van der Waals surface area (Å²) in [5.41, 5.74) is 2.48. The third kappa shape index (κ3) is 2.53. The molecule has 1 saturated carbocycles. The van der Waals surface area contributed by atoms with Gasteiger partial charge in [-0.1, -0.05) is 60.7 Å². The number of hydrogen-bond acceptors (Lipinski definition) is 3. The molecule has 1 aliphatic carbocycles. The molecule has 0 aliphatic heterocycles. The smallest absolute Gasteiger partial charge is 0.184 e. The minimum Gasteiger partial charge on any atom is -0.292 e. The molecule has 2 atom stereocenters. The monoisotopic (exact) mass is 326 g/mol. The van der Waals surface area contributed by atoms with Crippen molar-refractivity contribution in [3.63, 3.8) is 0 Å². The molecule has 1 fully saturated rings. The van der Waals surface area contributed by atoms with Gasteiger partial charge in [0, 0.05) is 17.7 Å². The van der Waals surface area contributed by atoms with Crippen LogP contribution in [0, 0.1) is 5.92 Å². The van der Waals surface area contributed by atoms with Crippen molar-refractivity contribution in [2.45, 2.75) is 11.2 Å². The van der Waals surface area contributed by atoms with E-state index in [9.17, 15) is 13.2 Å². The number of carbonyl (C=O) groups excluding carboxylic acids is 1. The van der Waals surface area contributed by atoms with Crippen LogP contribution in [0.2, 0.25) is 0 Å². The summed E-state index contributed by atoms with van der Waals surface area (Å²) in [7, 11) is -3.48. The van der Waals surface area contributed by atoms with E-state index in [0.717, 1.165) is 17.4 Å². The summed E-state index contributed by atoms with van der Waals surface area (Å²) in [5, 5.41) is 0. The fraction of sp³-hybridized carbons (Fsp3) is 0.211. The highest BCUT2D eigenvalue weighted by atomic mass is 32.2. The van der Waals surface area contributed by atoms with Gasteiger partial charge in [-0.05, 0) is 17.5 Å². The van der Waals surface area contributed by atoms with Crippen molar-refractivity contribution in [1.82, 2.24) is 0 Å². The fourth-order valence-electron chi connectivity index (χ4n) is 3.09. The highest BCUT2D eigenvalue weighted by molar-refractivity contribution is 7.93. The van der Waals surface area contributed by atoms with Crippen molar-refractivity contribution in [1.29, 1.82) is 0 Å². The number of rotatable bonds is 5. The van der Waals surface area contributed by atoms with Gasteiger partial charge in [0.15, 0.2) is 15.6 Å². The van der Waals surface area contributed by atoms with E-state index in [-0.39, 0.29) is 11.7 Å². The van der Waals surface area contributed by atoms with Crippen molar-refractivity contribution in [3.05, 3.63) is 72.8 Å². The molecule has 0 heterocycles. The van der Waals surface area contributed by atoms with E-state index in [0.29, 0.717) is 12.0 Å². The van der Waals surface area contributed by atoms with Crippen LogP contribution in [0.3, 0.4) is 0 Å². The second-order valence-electron chi connectivity index (χ2n) is 5.98. The average molecular weight is 326 g/mol. The summed E-state index contributed by atoms with van der Waals surface area (Å²) in [6.07, 6.45) is 3.03. The molecule has 4 heteroatoms. The van der Waals surface area contributed by atoms with Gasteiger partial charge in [-0.25, -0.2) is 8.42 Å². The molecule has 0 spiro atoms. The molecule has 0 N–H and O–H groups in total. The third-order valence-electron chi connectivity index (χ3n) is 4.55. The lowest BCUT2D eigenvalue weighted by Crippen LogP contribution is -2.34. The minimum absolute atomic E-state index is 0.293. The normalized spacial score (nSPS) is 23.3. The summed E-state index contributed by atoms with van der Waals surface area (Å²) in [6, 6.07) is 16.9. The molecule has 2 aromatic carbocycles. The number of benzene rings is 2. The zero-order valence-corrected chi connectivity index (χ0v) is 13.7. The van der Waals surface area contributed by atoms with Gasteiger partial charge >= 0.3 is 0 Å². The number of carbonyl (C=O) groups is 1. The van der Waals surface area contributed by atoms with Crippen LogP contribution in [0.5, 0.6) is 0 Å². The Morgan fingerprint density at radius 2 is 1.65 bits per heavy atom. The SMILES string of the molecule is C=CC1CC1(C(=O)c1ccc(-c2ccccc2)cc1)S(C)(=O)=O. The van der Waals surface area contributed by atoms with Gasteiger partial charge in [0.05, 0.1) is 0 Å². The maximum Gasteiger partial charge on any atom is 0.184 e. The van der Waals surface area contributed by atoms with Crippen LogP contribution in [-0.2, 0) is 9.84 Å². The molecule has 2 unspecified atom stereocenters. The quantitative estimate of drug-likeness (QED) is 0.624. The lowest BCUT2D eigenvalue weighted by atomic mass is 10.0. The summed E-state index contributed by atoms with van der Waals surface area (Å²) < 4.78 is 22.9. The van der Waals surface area contributed by atoms with Gasteiger partial charge in [-0.2, -0.15) is 0 Å². The number of allylic oxidation sites excluding steroid dienone is 1. The molecular formula is C19H18O3S. The summed E-state index contributed by atoms with van der Waals surface area (Å²) in [5.74, 6) is -0.622. The van der Waals surface area contributed by atoms with Crippen molar-refractivity contribution in [2.24, 2.45) is 5.92 Å². The van der Waals surface area contributed by atoms with Crippen molar-refractivity contribution >= 4 is 15.6 Å². The van der Waals surface area contributed by atoms with Gasteiger partial charge in [0.1, 0.15) is 4.75 Å². The Hall–Kier alpha value is -2.20. The van der Waals surface area contributed by atoms with E-state index in [4.69, 9.17) is 0 Å². The maximum atomic E-state index is 12.8. The molecule has 0 bridgehead atoms. The molecular weight excluding hydrogens is 308 g/mol. The first-order chi connectivity index (χ1) is 10.9. The highest BCUT2D eigenvalue weighted by Gasteiger charge is 2.65. The molecule has 1 aliphatic rings. The first-order valence-electron chi connectivity index (χ1n) is 7.42. The van der Waals surface area contributed by atoms with E-state index in [2.05, 4.69) is 6.58 Å². The maximum absolute atomic E-state index is 12.8. The van der Waals surface area contributed by atoms with E-state index in [1.165, 1.54) is 0 Å². The number of sulfone groups is 1. The largest absolute Gasteiger partial charge is 0.292 e. The Balaban J connectivity index is 1.94. The van der Waals surface area contributed by atoms with E-state index in [1.54, 1.807) is 18.2 Å². The lowest BCUT2D eigenvalue weighted by molar-refractivity contribution is 0.0975. The Bertz CT molecular complexity index is 851. The Labute approximate surface area is 136 Å². The topological polar surface area (TPSA) is 51.2 Å². The molecule has 118 valence electrons. The van der Waals surface area contributed by atoms with Crippen LogP contribution in [0.25, 0.3) is 11.1 Å². The van der Waals surface area contributed by atoms with E-state index < -0.39 is 14.6 Å². The number of ketones is 1. The Morgan fingerprint density at radius 1 is 1.09 bits per heavy atom. The molecule has 3 nitrogen and oxygen atoms in total. The van der Waals surface area contributed by atoms with Crippen molar-refractivity contribution in [3.8, 4) is 11.1 Å². The number of Topliss-reactive ketones (excluding diaryl/α,β-unsaturated/α-hetero) is 1. The first-order valence-corrected chi connectivity index (χ1v) is 9.32. The second kappa shape index (κ2) is 5.46. The highest BCUT2D eigenvalue weighted by Crippen LogP contribution is 2.52. The van der Waals surface area contributed by atoms with Crippen LogP contribution in [0.1, 0.15) is 16.8 Å². The second-order valence-corrected chi connectivity index (χ2v) is 8.25. The fourth-order valence-corrected chi connectivity index (χ4v) is 4.67. The van der Waals surface area contributed by atoms with Crippen LogP contribution in [-0.4, -0.2) is 25.2 Å². The van der Waals surface area contributed by atoms with E-state index >= 15 is 0 Å². The van der Waals surface area contributed by atoms with Gasteiger partial charge in [0.25, 0.3) is 0 Å². The van der Waals surface area contributed by atoms with Crippen molar-refractivity contribution in [2.75, 3.05) is 6.26 Å². The minimum atomic E-state index is -3.48. The molecule has 0 radical (unpaired) electrons. The third-order valence-corrected chi connectivity index (χ3v) is 6.52. The van der Waals surface area contributed by atoms with Gasteiger partial charge < -0.3 is 0 Å². The van der Waals surface area contributed by atoms with Crippen molar-refractivity contribution < 1.29 is 13.2 Å². The predicted molar refractivity (Wildman–Crippen MR) is 92.1 cm³/mol. The summed E-state index contributed by atoms with van der Waals surface area (Å²) in [4.78, 5) is 12.8. The van der Waals surface area contributed by atoms with Crippen LogP contribution < -0.4 is 0 Å². The molecule has 0 amide bonds. The van der Waals surface area contributed by atoms with Gasteiger partial charge in [-0.3, -0.25) is 4.79 Å². The van der Waals surface area contributed by atoms with Crippen LogP contribution in [0.15, 0.2) is 67.3 Å². The number of hydrogen-bond donors (Lipinski definition) is 0. The lowest BCUT2D eigenvalue weighted by Gasteiger charge is -2.14. The Kier molecular flexibility index (Phi) is 3.72. The average Bonchev–Trinajstić information content (AvgIpc) is 3.31. The zero-order chi connectivity index (χ0) is 16.7. The molecule has 23 heavy (non-hydrogen) atoms. The predicted octanol–water partition coefficient (Wildman–Crippen LogP) is 3.53. The summed E-state index contributed by atoms with van der Waals surface area (Å²) in [6.45, 7) is 3.64. The molecule has 0 saturated heterocycles. The summed E-state index contributed by atoms with van der Waals surface area (Å²) >= 11 is 0. The standard InChI is InChI=1S/C19H18O3S/c1-3-17-13-19(17,23(2,21)22)18(20)16-11-9-15(10-12-16)14-7-5-4-6-8-14/h3-12,17H,1,13H2,2H3. The zero-order valence-electron chi connectivity index (χ0n) is 12.9. The van der Waals surface area contributed by atoms with E-state index in [1.807, 2.05) is 42.5 Å². The molecule has 2 aromatic rings. The molecule has 3 rings (SSSR count). The van der Waals surface area contributed by atoms with Crippen LogP contribution >= 0.6 is 0 Å². The van der Waals surface area contributed by atoms with Crippen LogP contribution in [0.4, 0.5) is 0 Å².